The second-order valence-corrected chi connectivity index (χ2v) is 14.8. The Morgan fingerprint density at radius 3 is 2.74 bits per heavy atom. The molecule has 0 saturated carbocycles. The number of benzene rings is 2. The molecule has 0 bridgehead atoms. The molecule has 3 aliphatic rings. The van der Waals surface area contributed by atoms with Gasteiger partial charge >= 0.3 is 223 Å². The molecule has 3 aromatic heterocycles. The van der Waals surface area contributed by atoms with Crippen molar-refractivity contribution < 1.29 is 22.6 Å². The second-order valence-electron chi connectivity index (χ2n) is 12.4. The molecule has 2 unspecified atom stereocenters. The van der Waals surface area contributed by atoms with E-state index in [4.69, 9.17) is 26.8 Å². The number of methoxy groups -OCH3 is 1. The van der Waals surface area contributed by atoms with Crippen LogP contribution in [0.5, 0.6) is 11.8 Å². The summed E-state index contributed by atoms with van der Waals surface area (Å²) in [5.41, 5.74) is 6.91. The Balaban J connectivity index is 0.000000374. The molecule has 0 spiro atoms. The van der Waals surface area contributed by atoms with E-state index in [1.807, 2.05) is 30.0 Å². The molecule has 2 saturated heterocycles. The number of ether oxygens (including phenoxy) is 2. The first-order valence-electron chi connectivity index (χ1n) is 16.8. The van der Waals surface area contributed by atoms with Crippen LogP contribution in [-0.2, 0) is 0 Å². The number of hydrogen-bond acceptors (Lipinski definition) is 11. The zero-order valence-electron chi connectivity index (χ0n) is 29.1. The minimum absolute atomic E-state index is 0.0393. The maximum atomic E-state index is 16.7. The number of fused-ring (bicyclic) bond motifs is 2. The number of hydrogen-bond donors (Lipinski definition) is 1. The van der Waals surface area contributed by atoms with Crippen molar-refractivity contribution in [1.29, 1.82) is 5.26 Å². The van der Waals surface area contributed by atoms with E-state index in [1.54, 1.807) is 9.97 Å². The molecule has 2 N–H and O–H groups in total. The number of anilines is 2. The van der Waals surface area contributed by atoms with Crippen molar-refractivity contribution in [3.8, 4) is 29.0 Å². The van der Waals surface area contributed by atoms with Crippen LogP contribution in [0.2, 0.25) is 9.51 Å². The Hall–Kier alpha value is -2.87. The molecule has 0 aliphatic carbocycles. The Kier molecular flexibility index (Phi) is 13.0. The number of nitrogen functional groups attached to an aromatic ring is 1. The van der Waals surface area contributed by atoms with Gasteiger partial charge in [0.25, 0.3) is 0 Å². The van der Waals surface area contributed by atoms with E-state index in [-0.39, 0.29) is 72.1 Å². The monoisotopic (exact) mass is 1150 g/mol. The molecule has 53 heavy (non-hydrogen) atoms. The van der Waals surface area contributed by atoms with Crippen molar-refractivity contribution in [3.05, 3.63) is 58.2 Å². The first-order chi connectivity index (χ1) is 25.7. The van der Waals surface area contributed by atoms with E-state index in [0.29, 0.717) is 30.8 Å². The van der Waals surface area contributed by atoms with Crippen LogP contribution < -0.4 is 20.1 Å². The van der Waals surface area contributed by atoms with E-state index < -0.39 is 17.8 Å². The third kappa shape index (κ3) is 7.56. The molecular weight excluding hydrogens is 1120 g/mol. The number of aliphatic imine (C=N–C) groups is 1. The molecule has 5 aromatic rings. The van der Waals surface area contributed by atoms with Crippen molar-refractivity contribution in [1.82, 2.24) is 19.9 Å². The molecule has 0 amide bonds. The van der Waals surface area contributed by atoms with Gasteiger partial charge in [0.15, 0.2) is 0 Å². The molecule has 6 heterocycles. The molecule has 6 radical (unpaired) electrons. The van der Waals surface area contributed by atoms with Gasteiger partial charge in [-0.25, -0.2) is 8.78 Å². The summed E-state index contributed by atoms with van der Waals surface area (Å²) in [6.07, 6.45) is 4.49. The van der Waals surface area contributed by atoms with E-state index in [0.717, 1.165) is 55.6 Å². The van der Waals surface area contributed by atoms with Gasteiger partial charge in [0.05, 0.1) is 10.3 Å². The van der Waals surface area contributed by atoms with Gasteiger partial charge in [0.2, 0.25) is 0 Å². The summed E-state index contributed by atoms with van der Waals surface area (Å²) in [4.78, 5) is 22.1. The number of alkyl halides is 1. The van der Waals surface area contributed by atoms with Gasteiger partial charge in [-0.1, -0.05) is 6.07 Å². The molecule has 17 heteroatoms. The summed E-state index contributed by atoms with van der Waals surface area (Å²) in [6, 6.07) is 8.57. The number of aromatic nitrogens is 3. The fourth-order valence-corrected chi connectivity index (χ4v) is 9.00. The van der Waals surface area contributed by atoms with Gasteiger partial charge in [-0.2, -0.15) is 5.26 Å². The van der Waals surface area contributed by atoms with Crippen LogP contribution in [0, 0.1) is 23.0 Å². The van der Waals surface area contributed by atoms with Crippen LogP contribution in [-0.4, -0.2) is 121 Å². The van der Waals surface area contributed by atoms with Crippen molar-refractivity contribution >= 4 is 116 Å². The number of thiophene rings is 1. The maximum absolute atomic E-state index is 16.7. The second kappa shape index (κ2) is 17.3. The van der Waals surface area contributed by atoms with Gasteiger partial charge < -0.3 is 5.73 Å². The van der Waals surface area contributed by atoms with Crippen molar-refractivity contribution in [2.24, 2.45) is 4.99 Å². The Labute approximate surface area is 345 Å². The van der Waals surface area contributed by atoms with Gasteiger partial charge in [-0.15, -0.1) is 11.3 Å². The summed E-state index contributed by atoms with van der Waals surface area (Å²) in [6.45, 7) is 4.37. The molecule has 8 rings (SSSR count). The topological polar surface area (TPSA) is 126 Å². The summed E-state index contributed by atoms with van der Waals surface area (Å²) in [5, 5.41) is 10.3. The third-order valence-electron chi connectivity index (χ3n) is 9.56. The normalized spacial score (nSPS) is 18.5. The standard InChI is InChI=1S/C28H19ClF2N7O2S.C7H12FN.CH3.2Pb/c1-12(13-5-4-8-35-26(13)34-2)38-9-10-40-23-19-22(36-28(39-3)37-27(19)38)21(31)18(20(23)29)14-6-7-16(30)24-17(14)15(11-32)25(33)41-24;8-6-4-7-2-1-3-9(7)5-6;;;/h2,4-8,12H,9-10,33H2,1,3H3;6-7H,1-5H2;1H3;;/t12-;;;;/m1..../s1. The van der Waals surface area contributed by atoms with Crippen LogP contribution in [0.1, 0.15) is 43.4 Å². The number of pyridine rings is 1. The van der Waals surface area contributed by atoms with Crippen molar-refractivity contribution in [2.75, 3.05) is 44.0 Å². The first kappa shape index (κ1) is 39.8. The predicted octanol–water partition coefficient (Wildman–Crippen LogP) is 7.48. The number of nitrogens with two attached hydrogens (primary N) is 1. The van der Waals surface area contributed by atoms with E-state index in [9.17, 15) is 14.0 Å². The zero-order valence-corrected chi connectivity index (χ0v) is 38.4. The summed E-state index contributed by atoms with van der Waals surface area (Å²) < 4.78 is 59.8. The number of rotatable bonds is 5. The molecule has 3 atom stereocenters. The van der Waals surface area contributed by atoms with Gasteiger partial charge in [0, 0.05) is 18.0 Å². The molecule has 3 aliphatic heterocycles. The van der Waals surface area contributed by atoms with Gasteiger partial charge in [-0.05, 0) is 31.9 Å². The zero-order chi connectivity index (χ0) is 38.0. The van der Waals surface area contributed by atoms with Crippen LogP contribution in [0.4, 0.5) is 29.8 Å². The van der Waals surface area contributed by atoms with E-state index >= 15 is 4.39 Å². The van der Waals surface area contributed by atoms with Gasteiger partial charge in [0.1, 0.15) is 23.1 Å². The Bertz CT molecular complexity index is 2230. The van der Waals surface area contributed by atoms with Crippen molar-refractivity contribution in [2.45, 2.75) is 48.9 Å². The quantitative estimate of drug-likeness (QED) is 0.141. The minimum atomic E-state index is -0.803. The molecule has 2 fully saturated rings. The summed E-state index contributed by atoms with van der Waals surface area (Å²) in [7, 11) is 1.39. The number of nitrogens with zero attached hydrogens (tertiary/aromatic N) is 7. The van der Waals surface area contributed by atoms with Crippen LogP contribution in [0.15, 0.2) is 35.5 Å². The number of halogens is 4. The molecular formula is C36H34ClF3N8O2Pb2S. The Morgan fingerprint density at radius 1 is 1.23 bits per heavy atom. The SMILES string of the molecule is COc1nc2c3c(c(Cl)c(-c4ccc(F)c5sc(N)c(C#N)c45)c(F)c3n1)OCCN2[C@H](C)c1cccnc1/N=[CH]\[Pb].FC1CC2CCCN2C1.[CH3][Pb]. The molecule has 2 aromatic carbocycles. The van der Waals surface area contributed by atoms with E-state index in [1.165, 1.54) is 57.9 Å². The summed E-state index contributed by atoms with van der Waals surface area (Å²) >= 11 is 9.91. The third-order valence-corrected chi connectivity index (χ3v) is 11.4. The van der Waals surface area contributed by atoms with Crippen molar-refractivity contribution in [3.63, 3.8) is 0 Å². The van der Waals surface area contributed by atoms with Crippen LogP contribution >= 0.6 is 22.9 Å². The van der Waals surface area contributed by atoms with Crippen LogP contribution in [0.25, 0.3) is 32.1 Å². The van der Waals surface area contributed by atoms with Crippen LogP contribution in [0.3, 0.4) is 0 Å². The fourth-order valence-electron chi connectivity index (χ4n) is 7.24. The van der Waals surface area contributed by atoms with Gasteiger partial charge in [-0.3, -0.25) is 4.90 Å². The Morgan fingerprint density at radius 2 is 2.02 bits per heavy atom. The number of nitriles is 1. The predicted molar refractivity (Wildman–Crippen MR) is 206 cm³/mol. The fraction of sp³-hybridized carbons (Fsp3) is 0.361. The average Bonchev–Trinajstić information content (AvgIpc) is 3.81. The average molecular weight is 1150 g/mol. The molecule has 10 nitrogen and oxygen atoms in total. The summed E-state index contributed by atoms with van der Waals surface area (Å²) in [5.74, 6) is -0.290. The van der Waals surface area contributed by atoms with E-state index in [2.05, 4.69) is 29.3 Å². The molecule has 272 valence electrons. The first-order valence-corrected chi connectivity index (χ1v) is 24.1.